The van der Waals surface area contributed by atoms with Crippen LogP contribution in [0.4, 0.5) is 0 Å². The average Bonchev–Trinajstić information content (AvgIpc) is 3.04. The molecule has 0 unspecified atom stereocenters. The van der Waals surface area contributed by atoms with Crippen molar-refractivity contribution in [2.24, 2.45) is 0 Å². The van der Waals surface area contributed by atoms with Gasteiger partial charge in [-0.15, -0.1) is 0 Å². The summed E-state index contributed by atoms with van der Waals surface area (Å²) in [7, 11) is 0. The van der Waals surface area contributed by atoms with Crippen LogP contribution in [-0.4, -0.2) is 29.3 Å². The number of hydrogen-bond acceptors (Lipinski definition) is 5. The lowest BCUT2D eigenvalue weighted by Crippen LogP contribution is -2.01. The predicted molar refractivity (Wildman–Crippen MR) is 69.3 cm³/mol. The van der Waals surface area contributed by atoms with Gasteiger partial charge in [-0.1, -0.05) is 0 Å². The van der Waals surface area contributed by atoms with Gasteiger partial charge in [-0.25, -0.2) is 4.79 Å². The van der Waals surface area contributed by atoms with Crippen molar-refractivity contribution >= 4 is 5.97 Å². The average molecular weight is 275 g/mol. The largest absolute Gasteiger partial charge is 0.493 e. The van der Waals surface area contributed by atoms with Gasteiger partial charge in [0.2, 0.25) is 11.6 Å². The second kappa shape index (κ2) is 4.88. The molecule has 1 aromatic carbocycles. The number of carboxylic acids is 1. The minimum absolute atomic E-state index is 0.0632. The molecular formula is C14H13NO5. The third-order valence-electron chi connectivity index (χ3n) is 3.01. The molecule has 1 aliphatic heterocycles. The second-order valence-electron chi connectivity index (χ2n) is 4.31. The van der Waals surface area contributed by atoms with Gasteiger partial charge < -0.3 is 19.0 Å². The van der Waals surface area contributed by atoms with Crippen LogP contribution in [0.15, 0.2) is 22.6 Å². The van der Waals surface area contributed by atoms with Gasteiger partial charge in [0.1, 0.15) is 5.75 Å². The van der Waals surface area contributed by atoms with Crippen molar-refractivity contribution in [3.8, 4) is 23.1 Å². The van der Waals surface area contributed by atoms with E-state index in [-0.39, 0.29) is 17.5 Å². The summed E-state index contributed by atoms with van der Waals surface area (Å²) >= 11 is 0. The van der Waals surface area contributed by atoms with Gasteiger partial charge in [0.05, 0.1) is 13.2 Å². The van der Waals surface area contributed by atoms with Crippen molar-refractivity contribution in [3.05, 3.63) is 29.5 Å². The molecular weight excluding hydrogens is 262 g/mol. The Morgan fingerprint density at radius 3 is 3.10 bits per heavy atom. The van der Waals surface area contributed by atoms with E-state index in [0.29, 0.717) is 18.8 Å². The molecule has 0 spiro atoms. The van der Waals surface area contributed by atoms with Gasteiger partial charge in [0.15, 0.2) is 0 Å². The van der Waals surface area contributed by atoms with Crippen LogP contribution >= 0.6 is 0 Å². The second-order valence-corrected chi connectivity index (χ2v) is 4.31. The summed E-state index contributed by atoms with van der Waals surface area (Å²) in [5.41, 5.74) is 1.57. The van der Waals surface area contributed by atoms with Crippen LogP contribution in [0.1, 0.15) is 23.0 Å². The third kappa shape index (κ3) is 2.09. The van der Waals surface area contributed by atoms with E-state index >= 15 is 0 Å². The topological polar surface area (TPSA) is 81.8 Å². The van der Waals surface area contributed by atoms with E-state index in [1.165, 1.54) is 0 Å². The van der Waals surface area contributed by atoms with E-state index in [1.54, 1.807) is 13.0 Å². The standard InChI is InChI=1S/C14H13NO5/c1-2-18-14-11(13(16)17)15-12(20-14)9-3-4-10-8(7-9)5-6-19-10/h3-4,7H,2,5-6H2,1H3,(H,16,17). The first kappa shape index (κ1) is 12.5. The molecule has 0 aliphatic carbocycles. The molecule has 3 rings (SSSR count). The zero-order chi connectivity index (χ0) is 14.1. The van der Waals surface area contributed by atoms with Gasteiger partial charge >= 0.3 is 11.9 Å². The van der Waals surface area contributed by atoms with Crippen molar-refractivity contribution in [1.29, 1.82) is 0 Å². The fraction of sp³-hybridized carbons (Fsp3) is 0.286. The lowest BCUT2D eigenvalue weighted by Gasteiger charge is -2.00. The summed E-state index contributed by atoms with van der Waals surface area (Å²) in [5.74, 6) is -0.149. The zero-order valence-electron chi connectivity index (χ0n) is 10.9. The summed E-state index contributed by atoms with van der Waals surface area (Å²) in [5, 5.41) is 9.08. The van der Waals surface area contributed by atoms with Crippen LogP contribution in [0.5, 0.6) is 11.7 Å². The van der Waals surface area contributed by atoms with E-state index in [9.17, 15) is 4.79 Å². The lowest BCUT2D eigenvalue weighted by molar-refractivity contribution is 0.0683. The molecule has 1 N–H and O–H groups in total. The Hall–Kier alpha value is -2.50. The first-order valence-corrected chi connectivity index (χ1v) is 6.32. The van der Waals surface area contributed by atoms with E-state index in [4.69, 9.17) is 19.0 Å². The van der Waals surface area contributed by atoms with E-state index in [1.807, 2.05) is 12.1 Å². The van der Waals surface area contributed by atoms with Crippen molar-refractivity contribution in [2.75, 3.05) is 13.2 Å². The van der Waals surface area contributed by atoms with Crippen LogP contribution in [0.2, 0.25) is 0 Å². The molecule has 1 aliphatic rings. The summed E-state index contributed by atoms with van der Waals surface area (Å²) in [6, 6.07) is 5.52. The predicted octanol–water partition coefficient (Wildman–Crippen LogP) is 2.37. The number of carbonyl (C=O) groups is 1. The molecule has 0 bridgehead atoms. The van der Waals surface area contributed by atoms with Crippen LogP contribution in [0, 0.1) is 0 Å². The maximum Gasteiger partial charge on any atom is 0.362 e. The molecule has 6 nitrogen and oxygen atoms in total. The highest BCUT2D eigenvalue weighted by atomic mass is 16.6. The van der Waals surface area contributed by atoms with Crippen LogP contribution in [0.25, 0.3) is 11.5 Å². The Balaban J connectivity index is 2.01. The molecule has 2 heterocycles. The number of ether oxygens (including phenoxy) is 2. The minimum atomic E-state index is -1.17. The molecule has 0 fully saturated rings. The number of oxazole rings is 1. The van der Waals surface area contributed by atoms with Crippen molar-refractivity contribution in [3.63, 3.8) is 0 Å². The molecule has 20 heavy (non-hydrogen) atoms. The number of nitrogens with zero attached hydrogens (tertiary/aromatic N) is 1. The normalized spacial score (nSPS) is 12.8. The molecule has 104 valence electrons. The summed E-state index contributed by atoms with van der Waals surface area (Å²) in [6.07, 6.45) is 0.827. The molecule has 0 atom stereocenters. The number of carboxylic acid groups (broad SMARTS) is 1. The Morgan fingerprint density at radius 1 is 1.50 bits per heavy atom. The van der Waals surface area contributed by atoms with E-state index < -0.39 is 5.97 Å². The maximum atomic E-state index is 11.1. The van der Waals surface area contributed by atoms with Gasteiger partial charge in [0, 0.05) is 12.0 Å². The van der Waals surface area contributed by atoms with Crippen molar-refractivity contribution in [2.45, 2.75) is 13.3 Å². The molecule has 0 radical (unpaired) electrons. The lowest BCUT2D eigenvalue weighted by atomic mass is 10.1. The van der Waals surface area contributed by atoms with Crippen molar-refractivity contribution < 1.29 is 23.8 Å². The highest BCUT2D eigenvalue weighted by Gasteiger charge is 2.22. The Kier molecular flexibility index (Phi) is 3.06. The van der Waals surface area contributed by atoms with Crippen molar-refractivity contribution in [1.82, 2.24) is 4.98 Å². The number of aromatic carboxylic acids is 1. The van der Waals surface area contributed by atoms with E-state index in [0.717, 1.165) is 17.7 Å². The zero-order valence-corrected chi connectivity index (χ0v) is 10.9. The molecule has 2 aromatic rings. The van der Waals surface area contributed by atoms with Crippen LogP contribution < -0.4 is 9.47 Å². The van der Waals surface area contributed by atoms with Gasteiger partial charge in [-0.3, -0.25) is 0 Å². The van der Waals surface area contributed by atoms with Gasteiger partial charge in [-0.05, 0) is 30.7 Å². The monoisotopic (exact) mass is 275 g/mol. The quantitative estimate of drug-likeness (QED) is 0.922. The first-order chi connectivity index (χ1) is 9.69. The molecule has 0 saturated carbocycles. The van der Waals surface area contributed by atoms with Gasteiger partial charge in [0.25, 0.3) is 0 Å². The number of hydrogen-bond donors (Lipinski definition) is 1. The Bertz CT molecular complexity index is 662. The fourth-order valence-electron chi connectivity index (χ4n) is 2.11. The van der Waals surface area contributed by atoms with Gasteiger partial charge in [-0.2, -0.15) is 4.98 Å². The number of fused-ring (bicyclic) bond motifs is 1. The summed E-state index contributed by atoms with van der Waals surface area (Å²) in [4.78, 5) is 15.1. The summed E-state index contributed by atoms with van der Waals surface area (Å²) < 4.78 is 16.0. The van der Waals surface area contributed by atoms with E-state index in [2.05, 4.69) is 4.98 Å². The Morgan fingerprint density at radius 2 is 2.35 bits per heavy atom. The smallest absolute Gasteiger partial charge is 0.362 e. The first-order valence-electron chi connectivity index (χ1n) is 6.32. The minimum Gasteiger partial charge on any atom is -0.493 e. The number of aromatic nitrogens is 1. The highest BCUT2D eigenvalue weighted by molar-refractivity contribution is 5.88. The molecule has 6 heteroatoms. The number of rotatable bonds is 4. The molecule has 0 amide bonds. The van der Waals surface area contributed by atoms with Crippen LogP contribution in [-0.2, 0) is 6.42 Å². The Labute approximate surface area is 115 Å². The molecule has 0 saturated heterocycles. The van der Waals surface area contributed by atoms with Crippen LogP contribution in [0.3, 0.4) is 0 Å². The SMILES string of the molecule is CCOc1oc(-c2ccc3c(c2)CCO3)nc1C(=O)O. The molecule has 1 aromatic heterocycles. The number of benzene rings is 1. The maximum absolute atomic E-state index is 11.1. The fourth-order valence-corrected chi connectivity index (χ4v) is 2.11. The third-order valence-corrected chi connectivity index (χ3v) is 3.01. The summed E-state index contributed by atoms with van der Waals surface area (Å²) in [6.45, 7) is 2.72. The highest BCUT2D eigenvalue weighted by Crippen LogP contribution is 2.32.